The normalized spacial score (nSPS) is 11.9. The zero-order chi connectivity index (χ0) is 13.0. The van der Waals surface area contributed by atoms with Crippen LogP contribution in [0.25, 0.3) is 5.57 Å². The molecule has 0 aliphatic rings. The molecule has 0 N–H and O–H groups in total. The molecule has 0 aromatic heterocycles. The zero-order valence-corrected chi connectivity index (χ0v) is 11.1. The molecule has 0 spiro atoms. The molecule has 2 aromatic rings. The predicted molar refractivity (Wildman–Crippen MR) is 76.3 cm³/mol. The highest BCUT2D eigenvalue weighted by Crippen LogP contribution is 2.27. The highest BCUT2D eigenvalue weighted by atomic mass is 16.5. The quantitative estimate of drug-likeness (QED) is 0.719. The lowest BCUT2D eigenvalue weighted by Gasteiger charge is -2.12. The minimum atomic E-state index is 0.935. The van der Waals surface area contributed by atoms with Gasteiger partial charge in [0.15, 0.2) is 0 Å². The van der Waals surface area contributed by atoms with Gasteiger partial charge in [-0.05, 0) is 25.0 Å². The van der Waals surface area contributed by atoms with Gasteiger partial charge < -0.3 is 4.74 Å². The van der Waals surface area contributed by atoms with Crippen LogP contribution in [0.2, 0.25) is 0 Å². The standard InChI is InChI=1S/C17H18O/c1-13-9-11-16(12-10-13)17(14(2)18-3)15-7-5-4-6-8-15/h4-12H,1-3H3/b17-14+. The molecule has 2 aromatic carbocycles. The second kappa shape index (κ2) is 5.54. The molecule has 0 atom stereocenters. The minimum Gasteiger partial charge on any atom is -0.501 e. The molecule has 0 bridgehead atoms. The van der Waals surface area contributed by atoms with E-state index in [4.69, 9.17) is 4.74 Å². The van der Waals surface area contributed by atoms with Crippen molar-refractivity contribution in [3.63, 3.8) is 0 Å². The third kappa shape index (κ3) is 2.62. The lowest BCUT2D eigenvalue weighted by atomic mass is 9.96. The second-order valence-electron chi connectivity index (χ2n) is 4.37. The van der Waals surface area contributed by atoms with Crippen molar-refractivity contribution in [3.05, 3.63) is 77.0 Å². The van der Waals surface area contributed by atoms with Crippen LogP contribution in [0.1, 0.15) is 23.6 Å². The van der Waals surface area contributed by atoms with E-state index >= 15 is 0 Å². The summed E-state index contributed by atoms with van der Waals surface area (Å²) in [6.45, 7) is 4.10. The van der Waals surface area contributed by atoms with Gasteiger partial charge in [0.05, 0.1) is 7.11 Å². The third-order valence-corrected chi connectivity index (χ3v) is 3.06. The average molecular weight is 238 g/mol. The van der Waals surface area contributed by atoms with E-state index in [1.807, 2.05) is 25.1 Å². The molecule has 0 heterocycles. The van der Waals surface area contributed by atoms with Gasteiger partial charge in [-0.25, -0.2) is 0 Å². The number of rotatable bonds is 3. The molecular weight excluding hydrogens is 220 g/mol. The summed E-state index contributed by atoms with van der Waals surface area (Å²) in [5.74, 6) is 0.935. The van der Waals surface area contributed by atoms with Crippen molar-refractivity contribution in [2.24, 2.45) is 0 Å². The molecule has 0 radical (unpaired) electrons. The number of hydrogen-bond acceptors (Lipinski definition) is 1. The lowest BCUT2D eigenvalue weighted by molar-refractivity contribution is 0.296. The zero-order valence-electron chi connectivity index (χ0n) is 11.1. The number of benzene rings is 2. The maximum atomic E-state index is 5.43. The summed E-state index contributed by atoms with van der Waals surface area (Å²) in [5.41, 5.74) is 4.78. The molecule has 18 heavy (non-hydrogen) atoms. The molecule has 0 saturated carbocycles. The Morgan fingerprint density at radius 2 is 1.39 bits per heavy atom. The Labute approximate surface area is 109 Å². The smallest absolute Gasteiger partial charge is 0.101 e. The van der Waals surface area contributed by atoms with Crippen LogP contribution in [0, 0.1) is 6.92 Å². The second-order valence-corrected chi connectivity index (χ2v) is 4.37. The lowest BCUT2D eigenvalue weighted by Crippen LogP contribution is -1.94. The van der Waals surface area contributed by atoms with E-state index in [0.717, 1.165) is 11.3 Å². The van der Waals surface area contributed by atoms with Crippen molar-refractivity contribution >= 4 is 5.57 Å². The van der Waals surface area contributed by atoms with E-state index in [2.05, 4.69) is 43.3 Å². The van der Waals surface area contributed by atoms with E-state index in [-0.39, 0.29) is 0 Å². The molecule has 0 fully saturated rings. The van der Waals surface area contributed by atoms with Gasteiger partial charge >= 0.3 is 0 Å². The third-order valence-electron chi connectivity index (χ3n) is 3.06. The maximum Gasteiger partial charge on any atom is 0.101 e. The van der Waals surface area contributed by atoms with E-state index < -0.39 is 0 Å². The van der Waals surface area contributed by atoms with Crippen molar-refractivity contribution in [2.75, 3.05) is 7.11 Å². The molecular formula is C17H18O. The van der Waals surface area contributed by atoms with Gasteiger partial charge in [-0.2, -0.15) is 0 Å². The Hall–Kier alpha value is -2.02. The van der Waals surface area contributed by atoms with E-state index in [1.54, 1.807) is 7.11 Å². The van der Waals surface area contributed by atoms with Crippen LogP contribution in [0.3, 0.4) is 0 Å². The Kier molecular flexibility index (Phi) is 3.83. The van der Waals surface area contributed by atoms with Gasteiger partial charge in [0.25, 0.3) is 0 Å². The van der Waals surface area contributed by atoms with Crippen LogP contribution in [0.4, 0.5) is 0 Å². The number of allylic oxidation sites excluding steroid dienone is 1. The van der Waals surface area contributed by atoms with Crippen LogP contribution >= 0.6 is 0 Å². The highest BCUT2D eigenvalue weighted by molar-refractivity contribution is 5.81. The molecule has 0 amide bonds. The summed E-state index contributed by atoms with van der Waals surface area (Å²) in [6.07, 6.45) is 0. The summed E-state index contributed by atoms with van der Waals surface area (Å²) >= 11 is 0. The SMILES string of the molecule is CO/C(C)=C(\c1ccccc1)c1ccc(C)cc1. The summed E-state index contributed by atoms with van der Waals surface area (Å²) in [5, 5.41) is 0. The van der Waals surface area contributed by atoms with Crippen molar-refractivity contribution < 1.29 is 4.74 Å². The Balaban J connectivity index is 2.55. The minimum absolute atomic E-state index is 0.935. The highest BCUT2D eigenvalue weighted by Gasteiger charge is 2.09. The average Bonchev–Trinajstić information content (AvgIpc) is 2.42. The fraction of sp³-hybridized carbons (Fsp3) is 0.176. The fourth-order valence-corrected chi connectivity index (χ4v) is 2.00. The number of methoxy groups -OCH3 is 1. The molecule has 0 aliphatic heterocycles. The molecule has 1 heteroatoms. The van der Waals surface area contributed by atoms with Crippen LogP contribution in [0.15, 0.2) is 60.4 Å². The van der Waals surface area contributed by atoms with Crippen LogP contribution < -0.4 is 0 Å². The van der Waals surface area contributed by atoms with Gasteiger partial charge in [0, 0.05) is 5.57 Å². The fourth-order valence-electron chi connectivity index (χ4n) is 2.00. The molecule has 1 nitrogen and oxygen atoms in total. The van der Waals surface area contributed by atoms with E-state index in [0.29, 0.717) is 0 Å². The van der Waals surface area contributed by atoms with E-state index in [9.17, 15) is 0 Å². The first-order valence-electron chi connectivity index (χ1n) is 6.09. The molecule has 0 saturated heterocycles. The van der Waals surface area contributed by atoms with Crippen LogP contribution in [-0.2, 0) is 4.74 Å². The van der Waals surface area contributed by atoms with Crippen molar-refractivity contribution in [2.45, 2.75) is 13.8 Å². The van der Waals surface area contributed by atoms with Gasteiger partial charge in [-0.15, -0.1) is 0 Å². The van der Waals surface area contributed by atoms with Crippen molar-refractivity contribution in [1.29, 1.82) is 0 Å². The van der Waals surface area contributed by atoms with Gasteiger partial charge in [0.2, 0.25) is 0 Å². The summed E-state index contributed by atoms with van der Waals surface area (Å²) < 4.78 is 5.43. The molecule has 92 valence electrons. The molecule has 0 aliphatic carbocycles. The summed E-state index contributed by atoms with van der Waals surface area (Å²) in [4.78, 5) is 0. The monoisotopic (exact) mass is 238 g/mol. The number of aryl methyl sites for hydroxylation is 1. The number of ether oxygens (including phenoxy) is 1. The maximum absolute atomic E-state index is 5.43. The van der Waals surface area contributed by atoms with E-state index in [1.165, 1.54) is 16.7 Å². The van der Waals surface area contributed by atoms with Crippen LogP contribution in [-0.4, -0.2) is 7.11 Å². The Morgan fingerprint density at radius 1 is 0.833 bits per heavy atom. The first-order valence-corrected chi connectivity index (χ1v) is 6.09. The van der Waals surface area contributed by atoms with Gasteiger partial charge in [-0.3, -0.25) is 0 Å². The predicted octanol–water partition coefficient (Wildman–Crippen LogP) is 4.42. The first-order chi connectivity index (χ1) is 8.72. The Morgan fingerprint density at radius 3 is 1.94 bits per heavy atom. The molecule has 0 unspecified atom stereocenters. The van der Waals surface area contributed by atoms with Gasteiger partial charge in [-0.1, -0.05) is 60.2 Å². The van der Waals surface area contributed by atoms with Crippen molar-refractivity contribution in [3.8, 4) is 0 Å². The largest absolute Gasteiger partial charge is 0.501 e. The number of hydrogen-bond donors (Lipinski definition) is 0. The summed E-state index contributed by atoms with van der Waals surface area (Å²) in [6, 6.07) is 18.9. The topological polar surface area (TPSA) is 9.23 Å². The van der Waals surface area contributed by atoms with Crippen molar-refractivity contribution in [1.82, 2.24) is 0 Å². The Bertz CT molecular complexity index is 536. The first kappa shape index (κ1) is 12.4. The summed E-state index contributed by atoms with van der Waals surface area (Å²) in [7, 11) is 1.71. The van der Waals surface area contributed by atoms with Crippen LogP contribution in [0.5, 0.6) is 0 Å². The molecule has 2 rings (SSSR count). The van der Waals surface area contributed by atoms with Gasteiger partial charge in [0.1, 0.15) is 5.76 Å².